The molecule has 0 spiro atoms. The van der Waals surface area contributed by atoms with Crippen molar-refractivity contribution < 1.29 is 19.0 Å². The molecule has 3 aromatic rings. The van der Waals surface area contributed by atoms with Crippen molar-refractivity contribution in [2.24, 2.45) is 0 Å². The Morgan fingerprint density at radius 3 is 2.38 bits per heavy atom. The lowest BCUT2D eigenvalue weighted by Gasteiger charge is -2.19. The van der Waals surface area contributed by atoms with E-state index in [2.05, 4.69) is 52.2 Å². The zero-order chi connectivity index (χ0) is 27.9. The van der Waals surface area contributed by atoms with Gasteiger partial charge in [0.1, 0.15) is 11.6 Å². The van der Waals surface area contributed by atoms with E-state index in [9.17, 15) is 4.79 Å². The van der Waals surface area contributed by atoms with Crippen LogP contribution in [0.25, 0.3) is 0 Å². The summed E-state index contributed by atoms with van der Waals surface area (Å²) in [5.41, 5.74) is 3.27. The Labute approximate surface area is 232 Å². The van der Waals surface area contributed by atoms with Crippen LogP contribution in [0.2, 0.25) is 0 Å². The smallest absolute Gasteiger partial charge is 0.316 e. The third-order valence-electron chi connectivity index (χ3n) is 6.61. The first-order valence-electron chi connectivity index (χ1n) is 13.9. The van der Waals surface area contributed by atoms with Gasteiger partial charge in [-0.1, -0.05) is 37.5 Å². The maximum absolute atomic E-state index is 12.2. The number of aryl methyl sites for hydroxylation is 1. The highest BCUT2D eigenvalue weighted by atomic mass is 16.5. The number of nitrogens with zero attached hydrogens (tertiary/aromatic N) is 4. The number of unbranched alkanes of at least 4 members (excludes halogenated alkanes) is 3. The first kappa shape index (κ1) is 29.9. The number of carbonyl (C=O) groups excluding carboxylic acids is 1. The summed E-state index contributed by atoms with van der Waals surface area (Å²) in [7, 11) is 3.75. The fourth-order valence-corrected chi connectivity index (χ4v) is 4.50. The molecule has 0 amide bonds. The maximum atomic E-state index is 12.2. The molecule has 0 fully saturated rings. The van der Waals surface area contributed by atoms with Crippen molar-refractivity contribution in [1.82, 2.24) is 15.0 Å². The van der Waals surface area contributed by atoms with E-state index in [-0.39, 0.29) is 11.9 Å². The van der Waals surface area contributed by atoms with Crippen molar-refractivity contribution in [2.75, 3.05) is 32.3 Å². The molecule has 0 bridgehead atoms. The Kier molecular flexibility index (Phi) is 12.5. The Morgan fingerprint density at radius 1 is 0.949 bits per heavy atom. The van der Waals surface area contributed by atoms with Crippen molar-refractivity contribution >= 4 is 11.8 Å². The van der Waals surface area contributed by atoms with Crippen molar-refractivity contribution in [3.8, 4) is 11.8 Å². The predicted molar refractivity (Wildman–Crippen MR) is 153 cm³/mol. The van der Waals surface area contributed by atoms with Crippen LogP contribution in [0.1, 0.15) is 75.1 Å². The van der Waals surface area contributed by atoms with Crippen molar-refractivity contribution in [3.05, 3.63) is 71.7 Å². The van der Waals surface area contributed by atoms with Crippen molar-refractivity contribution in [2.45, 2.75) is 71.3 Å². The predicted octanol–water partition coefficient (Wildman–Crippen LogP) is 6.15. The van der Waals surface area contributed by atoms with E-state index in [1.165, 1.54) is 5.56 Å². The molecular formula is C31H42N4O4. The quantitative estimate of drug-likeness (QED) is 0.151. The lowest BCUT2D eigenvalue weighted by Crippen LogP contribution is -2.18. The highest BCUT2D eigenvalue weighted by Crippen LogP contribution is 2.27. The van der Waals surface area contributed by atoms with Gasteiger partial charge in [-0.2, -0.15) is 0 Å². The summed E-state index contributed by atoms with van der Waals surface area (Å²) in [6.07, 6.45) is 10.0. The second kappa shape index (κ2) is 16.3. The standard InChI is InChI=1S/C31H42N4O4/c1-5-38-30(36)20-25(26-21-32-31(33-22-26)39-6-2)12-9-7-8-10-13-27-14-11-15-29(34-27)35(3)23-24-16-18-28(37-4)19-17-24/h11,14-19,21-22,25H,5-10,12-13,20,23H2,1-4H3. The molecule has 1 atom stereocenters. The van der Waals surface area contributed by atoms with E-state index in [0.717, 1.165) is 67.9 Å². The zero-order valence-electron chi connectivity index (χ0n) is 23.8. The highest BCUT2D eigenvalue weighted by molar-refractivity contribution is 5.70. The Balaban J connectivity index is 1.44. The summed E-state index contributed by atoms with van der Waals surface area (Å²) < 4.78 is 15.8. The molecule has 2 heterocycles. The minimum Gasteiger partial charge on any atom is -0.497 e. The number of ether oxygens (including phenoxy) is 3. The summed E-state index contributed by atoms with van der Waals surface area (Å²) >= 11 is 0. The van der Waals surface area contributed by atoms with Crippen LogP contribution in [0, 0.1) is 0 Å². The largest absolute Gasteiger partial charge is 0.497 e. The van der Waals surface area contributed by atoms with Gasteiger partial charge >= 0.3 is 12.0 Å². The summed E-state index contributed by atoms with van der Waals surface area (Å²) in [5.74, 6) is 1.70. The molecule has 0 radical (unpaired) electrons. The number of pyridine rings is 1. The Bertz CT molecular complexity index is 1120. The SMILES string of the molecule is CCOC(=O)CC(CCCCCCc1cccc(N(C)Cc2ccc(OC)cc2)n1)c1cnc(OCC)nc1. The van der Waals surface area contributed by atoms with Crippen LogP contribution in [-0.4, -0.2) is 48.3 Å². The molecular weight excluding hydrogens is 492 g/mol. The average molecular weight is 535 g/mol. The lowest BCUT2D eigenvalue weighted by atomic mass is 9.92. The molecule has 0 saturated heterocycles. The molecule has 3 rings (SSSR count). The molecule has 0 aliphatic rings. The van der Waals surface area contributed by atoms with Crippen molar-refractivity contribution in [3.63, 3.8) is 0 Å². The second-order valence-corrected chi connectivity index (χ2v) is 9.58. The van der Waals surface area contributed by atoms with Crippen LogP contribution < -0.4 is 14.4 Å². The average Bonchev–Trinajstić information content (AvgIpc) is 2.95. The first-order chi connectivity index (χ1) is 19.0. The fraction of sp³-hybridized carbons (Fsp3) is 0.484. The molecule has 1 aromatic carbocycles. The number of benzene rings is 1. The van der Waals surface area contributed by atoms with Crippen LogP contribution >= 0.6 is 0 Å². The van der Waals surface area contributed by atoms with Gasteiger partial charge in [0.05, 0.1) is 26.7 Å². The molecule has 210 valence electrons. The second-order valence-electron chi connectivity index (χ2n) is 9.58. The van der Waals surface area contributed by atoms with Gasteiger partial charge in [0.25, 0.3) is 0 Å². The third-order valence-corrected chi connectivity index (χ3v) is 6.61. The number of methoxy groups -OCH3 is 1. The number of hydrogen-bond acceptors (Lipinski definition) is 8. The van der Waals surface area contributed by atoms with Crippen LogP contribution in [0.15, 0.2) is 54.9 Å². The summed E-state index contributed by atoms with van der Waals surface area (Å²) in [6, 6.07) is 14.7. The lowest BCUT2D eigenvalue weighted by molar-refractivity contribution is -0.143. The van der Waals surface area contributed by atoms with Gasteiger partial charge in [-0.05, 0) is 74.4 Å². The minimum atomic E-state index is -0.181. The van der Waals surface area contributed by atoms with E-state index in [4.69, 9.17) is 19.2 Å². The van der Waals surface area contributed by atoms with Gasteiger partial charge in [0.15, 0.2) is 0 Å². The molecule has 0 aliphatic carbocycles. The Hall–Kier alpha value is -3.68. The normalized spacial score (nSPS) is 11.6. The third kappa shape index (κ3) is 10.2. The summed E-state index contributed by atoms with van der Waals surface area (Å²) in [5, 5.41) is 0. The molecule has 0 N–H and O–H groups in total. The van der Waals surface area contributed by atoms with E-state index in [1.807, 2.05) is 26.0 Å². The molecule has 0 saturated carbocycles. The van der Waals surface area contributed by atoms with Crippen LogP contribution in [0.3, 0.4) is 0 Å². The number of carbonyl (C=O) groups is 1. The minimum absolute atomic E-state index is 0.0410. The topological polar surface area (TPSA) is 86.7 Å². The number of hydrogen-bond donors (Lipinski definition) is 0. The fourth-order valence-electron chi connectivity index (χ4n) is 4.50. The zero-order valence-corrected chi connectivity index (χ0v) is 23.8. The number of aromatic nitrogens is 3. The van der Waals surface area contributed by atoms with Gasteiger partial charge < -0.3 is 19.1 Å². The van der Waals surface area contributed by atoms with Crippen molar-refractivity contribution in [1.29, 1.82) is 0 Å². The summed E-state index contributed by atoms with van der Waals surface area (Å²) in [4.78, 5) is 27.8. The molecule has 1 unspecified atom stereocenters. The van der Waals surface area contributed by atoms with Crippen LogP contribution in [-0.2, 0) is 22.5 Å². The number of rotatable bonds is 17. The van der Waals surface area contributed by atoms with Gasteiger partial charge in [0, 0.05) is 31.7 Å². The van der Waals surface area contributed by atoms with Crippen LogP contribution in [0.4, 0.5) is 5.82 Å². The van der Waals surface area contributed by atoms with Gasteiger partial charge in [-0.3, -0.25) is 4.79 Å². The van der Waals surface area contributed by atoms with Crippen LogP contribution in [0.5, 0.6) is 11.8 Å². The van der Waals surface area contributed by atoms with E-state index in [1.54, 1.807) is 19.5 Å². The number of anilines is 1. The molecule has 2 aromatic heterocycles. The monoisotopic (exact) mass is 534 g/mol. The number of esters is 1. The maximum Gasteiger partial charge on any atom is 0.316 e. The van der Waals surface area contributed by atoms with Gasteiger partial charge in [-0.25, -0.2) is 15.0 Å². The molecule has 8 nitrogen and oxygen atoms in total. The van der Waals surface area contributed by atoms with E-state index >= 15 is 0 Å². The van der Waals surface area contributed by atoms with Gasteiger partial charge in [-0.15, -0.1) is 0 Å². The highest BCUT2D eigenvalue weighted by Gasteiger charge is 2.18. The first-order valence-corrected chi connectivity index (χ1v) is 13.9. The Morgan fingerprint density at radius 2 is 1.69 bits per heavy atom. The van der Waals surface area contributed by atoms with E-state index < -0.39 is 0 Å². The molecule has 8 heteroatoms. The summed E-state index contributed by atoms with van der Waals surface area (Å²) in [6.45, 7) is 5.42. The van der Waals surface area contributed by atoms with Gasteiger partial charge in [0.2, 0.25) is 0 Å². The molecule has 0 aliphatic heterocycles. The van der Waals surface area contributed by atoms with E-state index in [0.29, 0.717) is 25.6 Å². The molecule has 39 heavy (non-hydrogen) atoms.